The van der Waals surface area contributed by atoms with Crippen LogP contribution in [-0.4, -0.2) is 52.9 Å². The summed E-state index contributed by atoms with van der Waals surface area (Å²) in [5, 5.41) is 0. The van der Waals surface area contributed by atoms with Gasteiger partial charge in [-0.3, -0.25) is 4.79 Å². The van der Waals surface area contributed by atoms with Crippen molar-refractivity contribution in [2.45, 2.75) is 44.9 Å². The highest BCUT2D eigenvalue weighted by molar-refractivity contribution is 5.92. The number of fused-ring (bicyclic) bond motifs is 2. The van der Waals surface area contributed by atoms with Crippen LogP contribution in [0, 0.1) is 13.8 Å². The van der Waals surface area contributed by atoms with Crippen LogP contribution >= 0.6 is 0 Å². The smallest absolute Gasteiger partial charge is 0.291 e. The molecular formula is C19H25N5O2. The number of carbonyl (C=O) groups excluding carboxylic acids is 1. The number of anilines is 1. The Morgan fingerprint density at radius 3 is 2.77 bits per heavy atom. The van der Waals surface area contributed by atoms with Crippen molar-refractivity contribution in [2.24, 2.45) is 0 Å². The molecule has 0 aromatic carbocycles. The Morgan fingerprint density at radius 1 is 1.27 bits per heavy atom. The van der Waals surface area contributed by atoms with Crippen LogP contribution in [0.15, 0.2) is 10.6 Å². The van der Waals surface area contributed by atoms with Crippen LogP contribution in [0.1, 0.15) is 52.7 Å². The van der Waals surface area contributed by atoms with Gasteiger partial charge in [0.1, 0.15) is 0 Å². The lowest BCUT2D eigenvalue weighted by Gasteiger charge is -2.40. The molecule has 138 valence electrons. The molecule has 7 nitrogen and oxygen atoms in total. The summed E-state index contributed by atoms with van der Waals surface area (Å²) < 4.78 is 5.57. The second-order valence-electron chi connectivity index (χ2n) is 7.70. The summed E-state index contributed by atoms with van der Waals surface area (Å²) >= 11 is 0. The van der Waals surface area contributed by atoms with E-state index in [1.807, 2.05) is 37.0 Å². The van der Waals surface area contributed by atoms with E-state index in [2.05, 4.69) is 9.97 Å². The van der Waals surface area contributed by atoms with Crippen molar-refractivity contribution < 1.29 is 9.21 Å². The highest BCUT2D eigenvalue weighted by Gasteiger charge is 2.45. The number of hydrogen-bond acceptors (Lipinski definition) is 6. The molecule has 1 amide bonds. The topological polar surface area (TPSA) is 75.4 Å². The fourth-order valence-corrected chi connectivity index (χ4v) is 4.32. The minimum absolute atomic E-state index is 0.0579. The Balaban J connectivity index is 1.65. The summed E-state index contributed by atoms with van der Waals surface area (Å²) in [5.74, 6) is 1.58. The molecule has 3 heterocycles. The van der Waals surface area contributed by atoms with Gasteiger partial charge in [0.25, 0.3) is 5.91 Å². The maximum atomic E-state index is 13.0. The van der Waals surface area contributed by atoms with Crippen LogP contribution in [0.3, 0.4) is 0 Å². The van der Waals surface area contributed by atoms with Gasteiger partial charge in [0.2, 0.25) is 11.7 Å². The number of amides is 1. The summed E-state index contributed by atoms with van der Waals surface area (Å²) in [4.78, 5) is 30.4. The SMILES string of the molecule is Cc1nc(C)c(C(=O)N2CCCC3(CCc4cnc(N(C)C)nc43)C2)o1. The summed E-state index contributed by atoms with van der Waals surface area (Å²) in [5.41, 5.74) is 2.94. The largest absolute Gasteiger partial charge is 0.436 e. The van der Waals surface area contributed by atoms with Gasteiger partial charge in [-0.25, -0.2) is 15.0 Å². The first-order valence-corrected chi connectivity index (χ1v) is 9.17. The minimum Gasteiger partial charge on any atom is -0.436 e. The molecule has 1 atom stereocenters. The molecule has 2 aromatic rings. The number of hydrogen-bond donors (Lipinski definition) is 0. The van der Waals surface area contributed by atoms with Crippen molar-refractivity contribution in [3.63, 3.8) is 0 Å². The summed E-state index contributed by atoms with van der Waals surface area (Å²) in [6.45, 7) is 5.03. The quantitative estimate of drug-likeness (QED) is 0.823. The molecule has 0 bridgehead atoms. The zero-order chi connectivity index (χ0) is 18.5. The molecule has 4 rings (SSSR count). The molecule has 7 heteroatoms. The molecule has 1 aliphatic heterocycles. The van der Waals surface area contributed by atoms with Gasteiger partial charge in [-0.1, -0.05) is 0 Å². The highest BCUT2D eigenvalue weighted by atomic mass is 16.4. The lowest BCUT2D eigenvalue weighted by atomic mass is 9.77. The van der Waals surface area contributed by atoms with Crippen LogP contribution in [0.2, 0.25) is 0 Å². The Hall–Kier alpha value is -2.44. The highest BCUT2D eigenvalue weighted by Crippen LogP contribution is 2.44. The third-order valence-electron chi connectivity index (χ3n) is 5.59. The van der Waals surface area contributed by atoms with Gasteiger partial charge in [-0.2, -0.15) is 0 Å². The number of oxazole rings is 1. The fourth-order valence-electron chi connectivity index (χ4n) is 4.32. The predicted molar refractivity (Wildman–Crippen MR) is 97.5 cm³/mol. The van der Waals surface area contributed by atoms with Crippen LogP contribution in [0.25, 0.3) is 0 Å². The lowest BCUT2D eigenvalue weighted by molar-refractivity contribution is 0.0599. The average molecular weight is 355 g/mol. The van der Waals surface area contributed by atoms with Crippen molar-refractivity contribution in [3.05, 3.63) is 34.8 Å². The number of carbonyl (C=O) groups is 1. The summed E-state index contributed by atoms with van der Waals surface area (Å²) in [6.07, 6.45) is 5.98. The van der Waals surface area contributed by atoms with E-state index in [4.69, 9.17) is 9.40 Å². The van der Waals surface area contributed by atoms with E-state index in [1.165, 1.54) is 5.56 Å². The first-order valence-electron chi connectivity index (χ1n) is 9.17. The van der Waals surface area contributed by atoms with E-state index in [9.17, 15) is 4.79 Å². The zero-order valence-corrected chi connectivity index (χ0v) is 15.9. The number of rotatable bonds is 2. The molecule has 26 heavy (non-hydrogen) atoms. The van der Waals surface area contributed by atoms with Crippen molar-refractivity contribution in [3.8, 4) is 0 Å². The van der Waals surface area contributed by atoms with E-state index >= 15 is 0 Å². The molecule has 0 saturated carbocycles. The van der Waals surface area contributed by atoms with Crippen LogP contribution in [0.5, 0.6) is 0 Å². The van der Waals surface area contributed by atoms with Crippen molar-refractivity contribution in [1.82, 2.24) is 19.9 Å². The lowest BCUT2D eigenvalue weighted by Crippen LogP contribution is -2.48. The van der Waals surface area contributed by atoms with E-state index in [0.717, 1.165) is 43.9 Å². The van der Waals surface area contributed by atoms with E-state index in [1.54, 1.807) is 6.92 Å². The molecule has 2 aromatic heterocycles. The van der Waals surface area contributed by atoms with Crippen LogP contribution in [-0.2, 0) is 11.8 Å². The summed E-state index contributed by atoms with van der Waals surface area (Å²) in [6, 6.07) is 0. The number of aromatic nitrogens is 3. The van der Waals surface area contributed by atoms with Gasteiger partial charge >= 0.3 is 0 Å². The number of likely N-dealkylation sites (tertiary alicyclic amines) is 1. The van der Waals surface area contributed by atoms with Gasteiger partial charge in [-0.05, 0) is 38.2 Å². The molecule has 1 fully saturated rings. The number of piperidine rings is 1. The fraction of sp³-hybridized carbons (Fsp3) is 0.579. The Kier molecular flexibility index (Phi) is 3.97. The Labute approximate surface area is 153 Å². The standard InChI is InChI=1S/C19H25N5O2/c1-12-15(26-13(2)21-12)17(25)24-9-5-7-19(11-24)8-6-14-10-20-18(23(3)4)22-16(14)19/h10H,5-9,11H2,1-4H3. The van der Waals surface area contributed by atoms with Crippen LogP contribution < -0.4 is 4.90 Å². The Bertz CT molecular complexity index is 856. The van der Waals surface area contributed by atoms with Crippen molar-refractivity contribution in [2.75, 3.05) is 32.1 Å². The molecule has 1 saturated heterocycles. The first kappa shape index (κ1) is 17.0. The molecule has 1 spiro atoms. The number of aryl methyl sites for hydroxylation is 3. The van der Waals surface area contributed by atoms with Crippen molar-refractivity contribution in [1.29, 1.82) is 0 Å². The zero-order valence-electron chi connectivity index (χ0n) is 15.9. The molecule has 1 aliphatic carbocycles. The summed E-state index contributed by atoms with van der Waals surface area (Å²) in [7, 11) is 3.91. The van der Waals surface area contributed by atoms with E-state index < -0.39 is 0 Å². The van der Waals surface area contributed by atoms with Gasteiger partial charge in [0, 0.05) is 45.7 Å². The normalized spacial score (nSPS) is 21.9. The second kappa shape index (κ2) is 6.07. The van der Waals surface area contributed by atoms with Gasteiger partial charge in [0.15, 0.2) is 5.89 Å². The molecule has 0 radical (unpaired) electrons. The van der Waals surface area contributed by atoms with Gasteiger partial charge in [0.05, 0.1) is 11.4 Å². The van der Waals surface area contributed by atoms with Crippen molar-refractivity contribution >= 4 is 11.9 Å². The minimum atomic E-state index is -0.0695. The maximum Gasteiger partial charge on any atom is 0.291 e. The second-order valence-corrected chi connectivity index (χ2v) is 7.70. The molecule has 0 N–H and O–H groups in total. The maximum absolute atomic E-state index is 13.0. The molecule has 1 unspecified atom stereocenters. The number of nitrogens with zero attached hydrogens (tertiary/aromatic N) is 5. The van der Waals surface area contributed by atoms with E-state index in [0.29, 0.717) is 23.9 Å². The van der Waals surface area contributed by atoms with E-state index in [-0.39, 0.29) is 11.3 Å². The average Bonchev–Trinajstić information content (AvgIpc) is 3.14. The Morgan fingerprint density at radius 2 is 2.08 bits per heavy atom. The molecule has 2 aliphatic rings. The third-order valence-corrected chi connectivity index (χ3v) is 5.59. The van der Waals surface area contributed by atoms with Gasteiger partial charge in [-0.15, -0.1) is 0 Å². The van der Waals surface area contributed by atoms with Crippen LogP contribution in [0.4, 0.5) is 5.95 Å². The third kappa shape index (κ3) is 2.66. The predicted octanol–water partition coefficient (Wildman–Crippen LogP) is 2.27. The molecular weight excluding hydrogens is 330 g/mol. The first-order chi connectivity index (χ1) is 12.4. The van der Waals surface area contributed by atoms with Gasteiger partial charge < -0.3 is 14.2 Å². The monoisotopic (exact) mass is 355 g/mol.